The van der Waals surface area contributed by atoms with Crippen molar-refractivity contribution in [2.45, 2.75) is 38.5 Å². The Balaban J connectivity index is 2.02. The standard InChI is InChI=1S/C14H17N3/c15-9-13-12-6-4-5-11(12)10-16-14(13)17-7-2-1-3-8-17/h10H,1-8H2. The highest BCUT2D eigenvalue weighted by Gasteiger charge is 2.22. The van der Waals surface area contributed by atoms with Crippen LogP contribution in [0.4, 0.5) is 5.82 Å². The van der Waals surface area contributed by atoms with Gasteiger partial charge in [-0.15, -0.1) is 0 Å². The van der Waals surface area contributed by atoms with Gasteiger partial charge in [-0.25, -0.2) is 4.98 Å². The summed E-state index contributed by atoms with van der Waals surface area (Å²) in [4.78, 5) is 6.84. The molecule has 2 aliphatic rings. The van der Waals surface area contributed by atoms with Crippen LogP contribution in [0.25, 0.3) is 0 Å². The fourth-order valence-electron chi connectivity index (χ4n) is 3.00. The second kappa shape index (κ2) is 4.37. The Morgan fingerprint density at radius 2 is 1.94 bits per heavy atom. The molecule has 0 amide bonds. The summed E-state index contributed by atoms with van der Waals surface area (Å²) in [6.07, 6.45) is 9.08. The lowest BCUT2D eigenvalue weighted by Gasteiger charge is -2.28. The average molecular weight is 227 g/mol. The van der Waals surface area contributed by atoms with Crippen molar-refractivity contribution in [3.63, 3.8) is 0 Å². The average Bonchev–Trinajstić information content (AvgIpc) is 2.86. The van der Waals surface area contributed by atoms with Gasteiger partial charge < -0.3 is 4.90 Å². The van der Waals surface area contributed by atoms with Gasteiger partial charge >= 0.3 is 0 Å². The molecule has 1 fully saturated rings. The highest BCUT2D eigenvalue weighted by atomic mass is 15.2. The van der Waals surface area contributed by atoms with E-state index in [1.165, 1.54) is 36.8 Å². The number of anilines is 1. The van der Waals surface area contributed by atoms with Gasteiger partial charge in [0.25, 0.3) is 0 Å². The maximum atomic E-state index is 9.40. The van der Waals surface area contributed by atoms with Crippen LogP contribution in [0.1, 0.15) is 42.4 Å². The number of nitrogens with zero attached hydrogens (tertiary/aromatic N) is 3. The largest absolute Gasteiger partial charge is 0.356 e. The molecule has 0 spiro atoms. The summed E-state index contributed by atoms with van der Waals surface area (Å²) in [6, 6.07) is 2.39. The molecular formula is C14H17N3. The number of piperidine rings is 1. The van der Waals surface area contributed by atoms with Crippen molar-refractivity contribution in [2.75, 3.05) is 18.0 Å². The summed E-state index contributed by atoms with van der Waals surface area (Å²) in [5.41, 5.74) is 3.41. The molecule has 0 aromatic carbocycles. The quantitative estimate of drug-likeness (QED) is 0.739. The lowest BCUT2D eigenvalue weighted by molar-refractivity contribution is 0.573. The molecule has 0 bridgehead atoms. The first-order chi connectivity index (χ1) is 8.40. The highest BCUT2D eigenvalue weighted by Crippen LogP contribution is 2.31. The van der Waals surface area contributed by atoms with Gasteiger partial charge in [0.2, 0.25) is 0 Å². The summed E-state index contributed by atoms with van der Waals surface area (Å²) in [5.74, 6) is 0.938. The molecule has 3 rings (SSSR count). The maximum absolute atomic E-state index is 9.40. The Labute approximate surface area is 102 Å². The van der Waals surface area contributed by atoms with Crippen molar-refractivity contribution in [1.29, 1.82) is 5.26 Å². The molecule has 0 radical (unpaired) electrons. The third kappa shape index (κ3) is 1.78. The zero-order valence-electron chi connectivity index (χ0n) is 10.1. The van der Waals surface area contributed by atoms with Gasteiger partial charge in [-0.2, -0.15) is 5.26 Å². The first-order valence-electron chi connectivity index (χ1n) is 6.56. The van der Waals surface area contributed by atoms with E-state index in [0.29, 0.717) is 0 Å². The van der Waals surface area contributed by atoms with Gasteiger partial charge in [-0.05, 0) is 49.7 Å². The molecule has 88 valence electrons. The number of rotatable bonds is 1. The molecule has 1 saturated heterocycles. The zero-order valence-corrected chi connectivity index (χ0v) is 10.1. The second-order valence-corrected chi connectivity index (χ2v) is 4.97. The van der Waals surface area contributed by atoms with E-state index in [0.717, 1.165) is 37.3 Å². The third-order valence-corrected chi connectivity index (χ3v) is 3.90. The lowest BCUT2D eigenvalue weighted by atomic mass is 10.0. The van der Waals surface area contributed by atoms with E-state index in [1.807, 2.05) is 6.20 Å². The smallest absolute Gasteiger partial charge is 0.146 e. The summed E-state index contributed by atoms with van der Waals surface area (Å²) < 4.78 is 0. The molecule has 0 atom stereocenters. The summed E-state index contributed by atoms with van der Waals surface area (Å²) in [7, 11) is 0. The normalized spacial score (nSPS) is 18.9. The van der Waals surface area contributed by atoms with Crippen molar-refractivity contribution in [1.82, 2.24) is 4.98 Å². The van der Waals surface area contributed by atoms with Crippen LogP contribution in [0.5, 0.6) is 0 Å². The van der Waals surface area contributed by atoms with Crippen molar-refractivity contribution < 1.29 is 0 Å². The number of pyridine rings is 1. The Kier molecular flexibility index (Phi) is 2.72. The van der Waals surface area contributed by atoms with Crippen LogP contribution in [0, 0.1) is 11.3 Å². The van der Waals surface area contributed by atoms with Crippen LogP contribution in [0.2, 0.25) is 0 Å². The topological polar surface area (TPSA) is 39.9 Å². The predicted octanol–water partition coefficient (Wildman–Crippen LogP) is 2.43. The molecule has 1 aliphatic heterocycles. The molecular weight excluding hydrogens is 210 g/mol. The van der Waals surface area contributed by atoms with Gasteiger partial charge in [0.05, 0.1) is 5.56 Å². The van der Waals surface area contributed by atoms with E-state index in [2.05, 4.69) is 16.0 Å². The predicted molar refractivity (Wildman–Crippen MR) is 67.0 cm³/mol. The molecule has 1 aromatic rings. The first-order valence-corrected chi connectivity index (χ1v) is 6.56. The number of hydrogen-bond donors (Lipinski definition) is 0. The fourth-order valence-corrected chi connectivity index (χ4v) is 3.00. The highest BCUT2D eigenvalue weighted by molar-refractivity contribution is 5.60. The van der Waals surface area contributed by atoms with Crippen molar-refractivity contribution in [3.8, 4) is 6.07 Å². The molecule has 0 saturated carbocycles. The molecule has 3 heteroatoms. The van der Waals surface area contributed by atoms with Crippen LogP contribution < -0.4 is 4.90 Å². The van der Waals surface area contributed by atoms with Crippen LogP contribution in [-0.4, -0.2) is 18.1 Å². The number of aryl methyl sites for hydroxylation is 1. The summed E-state index contributed by atoms with van der Waals surface area (Å²) in [5, 5.41) is 9.40. The van der Waals surface area contributed by atoms with E-state index in [1.54, 1.807) is 0 Å². The molecule has 1 aliphatic carbocycles. The number of nitriles is 1. The van der Waals surface area contributed by atoms with Gasteiger partial charge in [0.1, 0.15) is 11.9 Å². The van der Waals surface area contributed by atoms with E-state index >= 15 is 0 Å². The SMILES string of the molecule is N#Cc1c(N2CCCCC2)ncc2c1CCC2. The van der Waals surface area contributed by atoms with Gasteiger partial charge in [0.15, 0.2) is 0 Å². The molecule has 17 heavy (non-hydrogen) atoms. The molecule has 1 aromatic heterocycles. The Hall–Kier alpha value is -1.56. The zero-order chi connectivity index (χ0) is 11.7. The number of aromatic nitrogens is 1. The van der Waals surface area contributed by atoms with Crippen LogP contribution in [0.3, 0.4) is 0 Å². The van der Waals surface area contributed by atoms with Crippen LogP contribution in [0.15, 0.2) is 6.20 Å². The number of hydrogen-bond acceptors (Lipinski definition) is 3. The number of fused-ring (bicyclic) bond motifs is 1. The Bertz CT molecular complexity index is 467. The van der Waals surface area contributed by atoms with E-state index < -0.39 is 0 Å². The molecule has 2 heterocycles. The first kappa shape index (κ1) is 10.6. The molecule has 0 unspecified atom stereocenters. The van der Waals surface area contributed by atoms with E-state index in [-0.39, 0.29) is 0 Å². The van der Waals surface area contributed by atoms with Gasteiger partial charge in [-0.3, -0.25) is 0 Å². The molecule has 0 N–H and O–H groups in total. The van der Waals surface area contributed by atoms with Gasteiger partial charge in [-0.1, -0.05) is 0 Å². The third-order valence-electron chi connectivity index (χ3n) is 3.90. The maximum Gasteiger partial charge on any atom is 0.146 e. The van der Waals surface area contributed by atoms with Crippen molar-refractivity contribution in [3.05, 3.63) is 22.9 Å². The minimum Gasteiger partial charge on any atom is -0.356 e. The summed E-state index contributed by atoms with van der Waals surface area (Å²) in [6.45, 7) is 2.11. The lowest BCUT2D eigenvalue weighted by Crippen LogP contribution is -2.31. The van der Waals surface area contributed by atoms with Crippen LogP contribution in [-0.2, 0) is 12.8 Å². The van der Waals surface area contributed by atoms with Gasteiger partial charge in [0, 0.05) is 19.3 Å². The van der Waals surface area contributed by atoms with E-state index in [9.17, 15) is 5.26 Å². The van der Waals surface area contributed by atoms with Crippen LogP contribution >= 0.6 is 0 Å². The minimum absolute atomic E-state index is 0.849. The Morgan fingerprint density at radius 1 is 1.12 bits per heavy atom. The molecule has 3 nitrogen and oxygen atoms in total. The minimum atomic E-state index is 0.849. The van der Waals surface area contributed by atoms with Crippen molar-refractivity contribution >= 4 is 5.82 Å². The fraction of sp³-hybridized carbons (Fsp3) is 0.571. The summed E-state index contributed by atoms with van der Waals surface area (Å²) >= 11 is 0. The monoisotopic (exact) mass is 227 g/mol. The van der Waals surface area contributed by atoms with Crippen molar-refractivity contribution in [2.24, 2.45) is 0 Å². The second-order valence-electron chi connectivity index (χ2n) is 4.97. The van der Waals surface area contributed by atoms with E-state index in [4.69, 9.17) is 0 Å². The Morgan fingerprint density at radius 3 is 2.71 bits per heavy atom.